The summed E-state index contributed by atoms with van der Waals surface area (Å²) in [5.74, 6) is 0.589. The van der Waals surface area contributed by atoms with Gasteiger partial charge in [-0.1, -0.05) is 12.1 Å². The Morgan fingerprint density at radius 1 is 1.24 bits per heavy atom. The van der Waals surface area contributed by atoms with E-state index in [1.165, 1.54) is 12.3 Å². The number of hydrogen-bond acceptors (Lipinski definition) is 6. The highest BCUT2D eigenvalue weighted by Crippen LogP contribution is 2.20. The number of carbonyl (C=O) groups excluding carboxylic acids is 2. The molecular formula is C17H22N4O4. The summed E-state index contributed by atoms with van der Waals surface area (Å²) >= 11 is 0. The Balaban J connectivity index is 1.43. The molecule has 0 bridgehead atoms. The number of nitrogens with zero attached hydrogens (tertiary/aromatic N) is 3. The predicted octanol–water partition coefficient (Wildman–Crippen LogP) is 1.22. The van der Waals surface area contributed by atoms with Gasteiger partial charge in [0.05, 0.1) is 6.26 Å². The minimum Gasteiger partial charge on any atom is -0.461 e. The molecule has 0 aliphatic carbocycles. The third-order valence-corrected chi connectivity index (χ3v) is 4.30. The van der Waals surface area contributed by atoms with Crippen molar-refractivity contribution in [2.24, 2.45) is 0 Å². The van der Waals surface area contributed by atoms with E-state index >= 15 is 0 Å². The molecule has 0 atom stereocenters. The Kier molecular flexibility index (Phi) is 5.49. The number of nitrogens with one attached hydrogen (secondary N) is 1. The zero-order valence-corrected chi connectivity index (χ0v) is 14.2. The first-order valence-electron chi connectivity index (χ1n) is 8.46. The van der Waals surface area contributed by atoms with Crippen LogP contribution in [0.1, 0.15) is 23.8 Å². The molecule has 0 aromatic carbocycles. The van der Waals surface area contributed by atoms with E-state index in [9.17, 15) is 9.59 Å². The molecule has 25 heavy (non-hydrogen) atoms. The van der Waals surface area contributed by atoms with Crippen molar-refractivity contribution in [2.75, 3.05) is 39.3 Å². The number of likely N-dealkylation sites (N-methyl/N-ethyl adjacent to an activating group) is 1. The van der Waals surface area contributed by atoms with Crippen LogP contribution in [0.4, 0.5) is 0 Å². The van der Waals surface area contributed by atoms with Crippen molar-refractivity contribution in [2.45, 2.75) is 13.3 Å². The van der Waals surface area contributed by atoms with Crippen molar-refractivity contribution >= 4 is 11.8 Å². The Labute approximate surface area is 145 Å². The molecule has 0 saturated carbocycles. The molecule has 0 unspecified atom stereocenters. The van der Waals surface area contributed by atoms with E-state index in [1.54, 1.807) is 12.1 Å². The largest absolute Gasteiger partial charge is 0.461 e. The molecule has 8 heteroatoms. The van der Waals surface area contributed by atoms with E-state index < -0.39 is 0 Å². The molecule has 2 amide bonds. The fourth-order valence-corrected chi connectivity index (χ4v) is 2.76. The van der Waals surface area contributed by atoms with Gasteiger partial charge >= 0.3 is 0 Å². The average Bonchev–Trinajstić information content (AvgIpc) is 3.32. The summed E-state index contributed by atoms with van der Waals surface area (Å²) in [6.45, 7) is 6.71. The first-order chi connectivity index (χ1) is 12.2. The second-order valence-corrected chi connectivity index (χ2v) is 5.87. The van der Waals surface area contributed by atoms with Gasteiger partial charge in [0, 0.05) is 45.2 Å². The van der Waals surface area contributed by atoms with Crippen LogP contribution in [0, 0.1) is 0 Å². The van der Waals surface area contributed by atoms with E-state index in [1.807, 2.05) is 4.90 Å². The number of carbonyl (C=O) groups is 2. The normalized spacial score (nSPS) is 15.3. The van der Waals surface area contributed by atoms with Gasteiger partial charge in [0.2, 0.25) is 11.7 Å². The van der Waals surface area contributed by atoms with Crippen LogP contribution < -0.4 is 5.32 Å². The number of hydrogen-bond donors (Lipinski definition) is 1. The zero-order chi connectivity index (χ0) is 17.6. The van der Waals surface area contributed by atoms with Gasteiger partial charge in [-0.25, -0.2) is 0 Å². The molecule has 3 heterocycles. The molecule has 0 radical (unpaired) electrons. The standard InChI is InChI=1S/C17H22N4O4/c1-2-20-7-9-21(10-8-20)16(22)5-6-18-17(23)13-12-15(25-19-13)14-4-3-11-24-14/h3-4,11-12H,2,5-10H2,1H3,(H,18,23). The molecule has 3 rings (SSSR count). The van der Waals surface area contributed by atoms with Gasteiger partial charge in [-0.2, -0.15) is 0 Å². The molecule has 1 aliphatic heterocycles. The minimum absolute atomic E-state index is 0.0625. The summed E-state index contributed by atoms with van der Waals surface area (Å²) in [5, 5.41) is 6.43. The van der Waals surface area contributed by atoms with Crippen LogP contribution in [0.25, 0.3) is 11.5 Å². The van der Waals surface area contributed by atoms with Crippen molar-refractivity contribution in [3.05, 3.63) is 30.2 Å². The maximum absolute atomic E-state index is 12.2. The van der Waals surface area contributed by atoms with E-state index in [0.29, 0.717) is 11.5 Å². The van der Waals surface area contributed by atoms with Crippen LogP contribution in [-0.4, -0.2) is 66.0 Å². The number of amides is 2. The van der Waals surface area contributed by atoms with E-state index in [-0.39, 0.29) is 30.5 Å². The van der Waals surface area contributed by atoms with Crippen molar-refractivity contribution < 1.29 is 18.5 Å². The van der Waals surface area contributed by atoms with Gasteiger partial charge < -0.3 is 24.1 Å². The summed E-state index contributed by atoms with van der Waals surface area (Å²) < 4.78 is 10.3. The lowest BCUT2D eigenvalue weighted by atomic mass is 10.2. The summed E-state index contributed by atoms with van der Waals surface area (Å²) in [5.41, 5.74) is 0.162. The third-order valence-electron chi connectivity index (χ3n) is 4.30. The highest BCUT2D eigenvalue weighted by molar-refractivity contribution is 5.93. The first kappa shape index (κ1) is 17.2. The topological polar surface area (TPSA) is 91.8 Å². The maximum Gasteiger partial charge on any atom is 0.273 e. The lowest BCUT2D eigenvalue weighted by molar-refractivity contribution is -0.132. The molecule has 1 saturated heterocycles. The number of aromatic nitrogens is 1. The monoisotopic (exact) mass is 346 g/mol. The molecule has 8 nitrogen and oxygen atoms in total. The fourth-order valence-electron chi connectivity index (χ4n) is 2.76. The van der Waals surface area contributed by atoms with Crippen LogP contribution in [-0.2, 0) is 4.79 Å². The second-order valence-electron chi connectivity index (χ2n) is 5.87. The summed E-state index contributed by atoms with van der Waals surface area (Å²) in [7, 11) is 0. The molecule has 0 spiro atoms. The van der Waals surface area contributed by atoms with Gasteiger partial charge in [0.15, 0.2) is 11.5 Å². The van der Waals surface area contributed by atoms with Gasteiger partial charge in [-0.15, -0.1) is 0 Å². The molecule has 1 aliphatic rings. The van der Waals surface area contributed by atoms with Gasteiger partial charge in [0.25, 0.3) is 5.91 Å². The second kappa shape index (κ2) is 7.98. The fraction of sp³-hybridized carbons (Fsp3) is 0.471. The highest BCUT2D eigenvalue weighted by Gasteiger charge is 2.20. The van der Waals surface area contributed by atoms with Crippen LogP contribution in [0.5, 0.6) is 0 Å². The smallest absolute Gasteiger partial charge is 0.273 e. The summed E-state index contributed by atoms with van der Waals surface area (Å²) in [6.07, 6.45) is 1.80. The van der Waals surface area contributed by atoms with Crippen molar-refractivity contribution in [3.8, 4) is 11.5 Å². The number of rotatable bonds is 6. The minimum atomic E-state index is -0.370. The number of piperazine rings is 1. The van der Waals surface area contributed by atoms with Gasteiger partial charge in [-0.3, -0.25) is 9.59 Å². The van der Waals surface area contributed by atoms with E-state index in [0.717, 1.165) is 32.7 Å². The van der Waals surface area contributed by atoms with Crippen LogP contribution in [0.3, 0.4) is 0 Å². The zero-order valence-electron chi connectivity index (χ0n) is 14.2. The molecule has 2 aromatic rings. The van der Waals surface area contributed by atoms with Crippen LogP contribution in [0.2, 0.25) is 0 Å². The van der Waals surface area contributed by atoms with Gasteiger partial charge in [0.1, 0.15) is 0 Å². The Morgan fingerprint density at radius 3 is 2.72 bits per heavy atom. The van der Waals surface area contributed by atoms with E-state index in [4.69, 9.17) is 8.94 Å². The molecule has 1 fully saturated rings. The van der Waals surface area contributed by atoms with Crippen molar-refractivity contribution in [1.29, 1.82) is 0 Å². The quantitative estimate of drug-likeness (QED) is 0.845. The number of furan rings is 1. The molecular weight excluding hydrogens is 324 g/mol. The summed E-state index contributed by atoms with van der Waals surface area (Å²) in [4.78, 5) is 28.4. The highest BCUT2D eigenvalue weighted by atomic mass is 16.5. The van der Waals surface area contributed by atoms with Gasteiger partial charge in [-0.05, 0) is 18.7 Å². The maximum atomic E-state index is 12.2. The first-order valence-corrected chi connectivity index (χ1v) is 8.46. The Bertz CT molecular complexity index is 702. The average molecular weight is 346 g/mol. The van der Waals surface area contributed by atoms with Crippen LogP contribution in [0.15, 0.2) is 33.4 Å². The lowest BCUT2D eigenvalue weighted by Crippen LogP contribution is -2.49. The van der Waals surface area contributed by atoms with Crippen molar-refractivity contribution in [3.63, 3.8) is 0 Å². The van der Waals surface area contributed by atoms with E-state index in [2.05, 4.69) is 22.3 Å². The van der Waals surface area contributed by atoms with Crippen LogP contribution >= 0.6 is 0 Å². The molecule has 1 N–H and O–H groups in total. The Hall–Kier alpha value is -2.61. The SMILES string of the molecule is CCN1CCN(C(=O)CCNC(=O)c2cc(-c3ccco3)on2)CC1. The summed E-state index contributed by atoms with van der Waals surface area (Å²) in [6, 6.07) is 4.96. The lowest BCUT2D eigenvalue weighted by Gasteiger charge is -2.34. The van der Waals surface area contributed by atoms with Crippen molar-refractivity contribution in [1.82, 2.24) is 20.3 Å². The Morgan fingerprint density at radius 2 is 2.04 bits per heavy atom. The third kappa shape index (κ3) is 4.27. The molecule has 2 aromatic heterocycles. The molecule has 134 valence electrons. The predicted molar refractivity (Wildman–Crippen MR) is 89.8 cm³/mol.